The molecular formula is C16H14F3N3O3. The van der Waals surface area contributed by atoms with Gasteiger partial charge in [-0.05, 0) is 11.6 Å². The summed E-state index contributed by atoms with van der Waals surface area (Å²) in [6.07, 6.45) is 2.48. The Hall–Kier alpha value is -2.84. The molecule has 1 N–H and O–H groups in total. The maximum absolute atomic E-state index is 14.2. The lowest BCUT2D eigenvalue weighted by Crippen LogP contribution is -2.38. The van der Waals surface area contributed by atoms with Crippen molar-refractivity contribution in [3.05, 3.63) is 42.0 Å². The summed E-state index contributed by atoms with van der Waals surface area (Å²) in [6, 6.07) is 3.40. The fraction of sp³-hybridized carbons (Fsp3) is 0.312. The third kappa shape index (κ3) is 3.81. The van der Waals surface area contributed by atoms with E-state index in [1.165, 1.54) is 12.1 Å². The monoisotopic (exact) mass is 353 g/mol. The molecule has 1 fully saturated rings. The molecule has 1 aromatic carbocycles. The Morgan fingerprint density at radius 3 is 2.84 bits per heavy atom. The van der Waals surface area contributed by atoms with Crippen LogP contribution in [0.15, 0.2) is 30.6 Å². The first-order valence-electron chi connectivity index (χ1n) is 7.51. The lowest BCUT2D eigenvalue weighted by Gasteiger charge is -2.09. The number of hydrogen-bond donors (Lipinski definition) is 1. The zero-order chi connectivity index (χ0) is 18.0. The number of rotatable bonds is 5. The van der Waals surface area contributed by atoms with Gasteiger partial charge in [0.25, 0.3) is 0 Å². The third-order valence-electron chi connectivity index (χ3n) is 3.78. The van der Waals surface area contributed by atoms with Crippen LogP contribution in [-0.4, -0.2) is 34.3 Å². The van der Waals surface area contributed by atoms with Gasteiger partial charge in [0.2, 0.25) is 5.91 Å². The number of aromatic nitrogens is 2. The molecule has 9 heteroatoms. The van der Waals surface area contributed by atoms with Crippen molar-refractivity contribution in [3.8, 4) is 11.1 Å². The summed E-state index contributed by atoms with van der Waals surface area (Å²) in [4.78, 5) is 23.2. The van der Waals surface area contributed by atoms with Crippen molar-refractivity contribution in [2.45, 2.75) is 25.4 Å². The normalized spacial score (nSPS) is 17.0. The van der Waals surface area contributed by atoms with Gasteiger partial charge in [-0.15, -0.1) is 0 Å². The van der Waals surface area contributed by atoms with Gasteiger partial charge in [-0.1, -0.05) is 12.1 Å². The van der Waals surface area contributed by atoms with Gasteiger partial charge in [-0.25, -0.2) is 13.9 Å². The van der Waals surface area contributed by atoms with E-state index in [2.05, 4.69) is 10.4 Å². The van der Waals surface area contributed by atoms with Gasteiger partial charge in [-0.3, -0.25) is 4.79 Å². The lowest BCUT2D eigenvalue weighted by molar-refractivity contribution is -0.141. The number of hydrogen-bond acceptors (Lipinski definition) is 4. The van der Waals surface area contributed by atoms with E-state index in [1.54, 1.807) is 0 Å². The number of alkyl halides is 2. The maximum Gasteiger partial charge on any atom is 0.333 e. The summed E-state index contributed by atoms with van der Waals surface area (Å²) in [5.74, 6) is -1.56. The summed E-state index contributed by atoms with van der Waals surface area (Å²) in [5, 5.41) is 5.99. The van der Waals surface area contributed by atoms with E-state index in [-0.39, 0.29) is 24.2 Å². The highest BCUT2D eigenvalue weighted by Crippen LogP contribution is 2.25. The Kier molecular flexibility index (Phi) is 4.73. The SMILES string of the molecule is O=C(Cc1ccc(-c2cnn(C(F)F)c2)c(F)c1)N[C@@H]1CCOC1=O. The second kappa shape index (κ2) is 6.96. The second-order valence-corrected chi connectivity index (χ2v) is 5.55. The van der Waals surface area contributed by atoms with Gasteiger partial charge in [0.1, 0.15) is 11.9 Å². The molecule has 0 bridgehead atoms. The number of cyclic esters (lactones) is 1. The first kappa shape index (κ1) is 17.0. The molecule has 2 aromatic rings. The molecule has 6 nitrogen and oxygen atoms in total. The summed E-state index contributed by atoms with van der Waals surface area (Å²) in [6.45, 7) is -2.54. The smallest absolute Gasteiger partial charge is 0.333 e. The van der Waals surface area contributed by atoms with Crippen molar-refractivity contribution in [3.63, 3.8) is 0 Å². The van der Waals surface area contributed by atoms with Crippen LogP contribution in [0.5, 0.6) is 0 Å². The Labute approximate surface area is 140 Å². The quantitative estimate of drug-likeness (QED) is 0.835. The molecule has 1 aliphatic heterocycles. The van der Waals surface area contributed by atoms with Crippen LogP contribution in [0.4, 0.5) is 13.2 Å². The van der Waals surface area contributed by atoms with Crippen LogP contribution >= 0.6 is 0 Å². The highest BCUT2D eigenvalue weighted by Gasteiger charge is 2.27. The van der Waals surface area contributed by atoms with Gasteiger partial charge in [0.15, 0.2) is 0 Å². The van der Waals surface area contributed by atoms with Crippen LogP contribution in [0.25, 0.3) is 11.1 Å². The molecule has 3 rings (SSSR count). The fourth-order valence-electron chi connectivity index (χ4n) is 2.54. The Morgan fingerprint density at radius 1 is 1.44 bits per heavy atom. The van der Waals surface area contributed by atoms with Crippen molar-refractivity contribution in [1.29, 1.82) is 0 Å². The van der Waals surface area contributed by atoms with Crippen LogP contribution in [0.3, 0.4) is 0 Å². The van der Waals surface area contributed by atoms with E-state index in [4.69, 9.17) is 4.74 Å². The van der Waals surface area contributed by atoms with E-state index in [0.717, 1.165) is 18.5 Å². The molecule has 1 aromatic heterocycles. The zero-order valence-corrected chi connectivity index (χ0v) is 12.9. The number of amides is 1. The lowest BCUT2D eigenvalue weighted by atomic mass is 10.0. The van der Waals surface area contributed by atoms with Gasteiger partial charge in [0.05, 0.1) is 19.2 Å². The van der Waals surface area contributed by atoms with E-state index in [1.807, 2.05) is 0 Å². The molecule has 132 valence electrons. The molecule has 25 heavy (non-hydrogen) atoms. The molecule has 1 aliphatic rings. The summed E-state index contributed by atoms with van der Waals surface area (Å²) < 4.78 is 44.5. The van der Waals surface area contributed by atoms with Gasteiger partial charge in [0, 0.05) is 23.7 Å². The number of esters is 1. The number of carbonyl (C=O) groups excluding carboxylic acids is 2. The van der Waals surface area contributed by atoms with E-state index < -0.39 is 30.3 Å². The minimum Gasteiger partial charge on any atom is -0.464 e. The molecule has 1 amide bonds. The third-order valence-corrected chi connectivity index (χ3v) is 3.78. The average Bonchev–Trinajstić information content (AvgIpc) is 3.17. The number of nitrogens with zero attached hydrogens (tertiary/aromatic N) is 2. The number of carbonyl (C=O) groups is 2. The molecule has 0 unspecified atom stereocenters. The highest BCUT2D eigenvalue weighted by atomic mass is 19.3. The number of ether oxygens (including phenoxy) is 1. The molecule has 0 aliphatic carbocycles. The molecule has 2 heterocycles. The highest BCUT2D eigenvalue weighted by molar-refractivity contribution is 5.86. The Balaban J connectivity index is 1.68. The first-order chi connectivity index (χ1) is 11.9. The average molecular weight is 353 g/mol. The molecule has 0 radical (unpaired) electrons. The largest absolute Gasteiger partial charge is 0.464 e. The molecule has 0 spiro atoms. The van der Waals surface area contributed by atoms with Gasteiger partial charge in [-0.2, -0.15) is 13.9 Å². The molecule has 1 saturated heterocycles. The number of benzene rings is 1. The zero-order valence-electron chi connectivity index (χ0n) is 12.9. The van der Waals surface area contributed by atoms with Crippen molar-refractivity contribution in [2.75, 3.05) is 6.61 Å². The van der Waals surface area contributed by atoms with Crippen molar-refractivity contribution < 1.29 is 27.5 Å². The van der Waals surface area contributed by atoms with Crippen molar-refractivity contribution in [2.24, 2.45) is 0 Å². The molecule has 0 saturated carbocycles. The second-order valence-electron chi connectivity index (χ2n) is 5.55. The molecule has 1 atom stereocenters. The predicted octanol–water partition coefficient (Wildman–Crippen LogP) is 2.06. The topological polar surface area (TPSA) is 73.2 Å². The Morgan fingerprint density at radius 2 is 2.24 bits per heavy atom. The standard InChI is InChI=1S/C16H14F3N3O3/c17-12-5-9(6-14(23)21-13-3-4-25-15(13)24)1-2-11(12)10-7-20-22(8-10)16(18)19/h1-2,5,7-8,13,16H,3-4,6H2,(H,21,23)/t13-/m1/s1. The first-order valence-corrected chi connectivity index (χ1v) is 7.51. The van der Waals surface area contributed by atoms with Crippen molar-refractivity contribution >= 4 is 11.9 Å². The van der Waals surface area contributed by atoms with E-state index in [0.29, 0.717) is 16.7 Å². The van der Waals surface area contributed by atoms with E-state index >= 15 is 0 Å². The predicted molar refractivity (Wildman–Crippen MR) is 80.1 cm³/mol. The number of nitrogens with one attached hydrogen (secondary N) is 1. The van der Waals surface area contributed by atoms with Crippen LogP contribution < -0.4 is 5.32 Å². The fourth-order valence-corrected chi connectivity index (χ4v) is 2.54. The summed E-state index contributed by atoms with van der Waals surface area (Å²) in [7, 11) is 0. The summed E-state index contributed by atoms with van der Waals surface area (Å²) in [5.41, 5.74) is 0.712. The van der Waals surface area contributed by atoms with Crippen LogP contribution in [0, 0.1) is 5.82 Å². The van der Waals surface area contributed by atoms with Crippen LogP contribution in [0.2, 0.25) is 0 Å². The number of halogens is 3. The van der Waals surface area contributed by atoms with E-state index in [9.17, 15) is 22.8 Å². The minimum atomic E-state index is -2.80. The Bertz CT molecular complexity index is 807. The van der Waals surface area contributed by atoms with Crippen LogP contribution in [0.1, 0.15) is 18.5 Å². The maximum atomic E-state index is 14.2. The van der Waals surface area contributed by atoms with Crippen LogP contribution in [-0.2, 0) is 20.7 Å². The van der Waals surface area contributed by atoms with Crippen molar-refractivity contribution in [1.82, 2.24) is 15.1 Å². The summed E-state index contributed by atoms with van der Waals surface area (Å²) >= 11 is 0. The van der Waals surface area contributed by atoms with Gasteiger partial charge >= 0.3 is 12.5 Å². The molecular weight excluding hydrogens is 339 g/mol. The minimum absolute atomic E-state index is 0.107. The van der Waals surface area contributed by atoms with Gasteiger partial charge < -0.3 is 10.1 Å².